The van der Waals surface area contributed by atoms with E-state index >= 15 is 0 Å². The Balaban J connectivity index is 2.50. The normalized spacial score (nSPS) is 11.8. The van der Waals surface area contributed by atoms with Gasteiger partial charge in [0.2, 0.25) is 0 Å². The highest BCUT2D eigenvalue weighted by molar-refractivity contribution is 7.80. The first-order valence-electron chi connectivity index (χ1n) is 4.45. The molecule has 0 saturated heterocycles. The Kier molecular flexibility index (Phi) is 4.73. The van der Waals surface area contributed by atoms with Crippen LogP contribution in [0, 0.1) is 10.1 Å². The number of rotatable bonds is 5. The molecule has 1 aromatic rings. The lowest BCUT2D eigenvalue weighted by Crippen LogP contribution is -2.13. The number of nitro groups is 1. The van der Waals surface area contributed by atoms with Crippen LogP contribution in [-0.2, 0) is 27.2 Å². The van der Waals surface area contributed by atoms with Gasteiger partial charge in [-0.1, -0.05) is 0 Å². The molecule has 17 heavy (non-hydrogen) atoms. The Hall–Kier alpha value is -1.80. The molecule has 0 aliphatic rings. The van der Waals surface area contributed by atoms with E-state index < -0.39 is 27.7 Å². The highest BCUT2D eigenvalue weighted by atomic mass is 32.2. The topological polar surface area (TPSA) is 107 Å². The lowest BCUT2D eigenvalue weighted by molar-refractivity contribution is -0.384. The quantitative estimate of drug-likeness (QED) is 0.363. The maximum absolute atomic E-state index is 10.9. The predicted octanol–water partition coefficient (Wildman–Crippen LogP) is 0.860. The second-order valence-corrected chi connectivity index (χ2v) is 3.98. The molecule has 0 fully saturated rings. The van der Waals surface area contributed by atoms with Crippen LogP contribution < -0.4 is 0 Å². The molecule has 92 valence electrons. The van der Waals surface area contributed by atoms with E-state index in [0.717, 1.165) is 0 Å². The average molecular weight is 259 g/mol. The van der Waals surface area contributed by atoms with Gasteiger partial charge in [0, 0.05) is 12.1 Å². The maximum atomic E-state index is 10.9. The first-order chi connectivity index (χ1) is 7.99. The van der Waals surface area contributed by atoms with Crippen molar-refractivity contribution in [2.75, 3.05) is 5.75 Å². The summed E-state index contributed by atoms with van der Waals surface area (Å²) >= 11 is -2.23. The minimum absolute atomic E-state index is 0.0588. The Morgan fingerprint density at radius 1 is 1.41 bits per heavy atom. The van der Waals surface area contributed by atoms with Crippen LogP contribution in [0.25, 0.3) is 0 Å². The van der Waals surface area contributed by atoms with Gasteiger partial charge >= 0.3 is 5.97 Å². The van der Waals surface area contributed by atoms with Crippen LogP contribution >= 0.6 is 0 Å². The van der Waals surface area contributed by atoms with E-state index in [9.17, 15) is 19.1 Å². The molecule has 1 N–H and O–H groups in total. The average Bonchev–Trinajstić information content (AvgIpc) is 2.26. The summed E-state index contributed by atoms with van der Waals surface area (Å²) in [5.41, 5.74) is 0.504. The van der Waals surface area contributed by atoms with E-state index in [1.165, 1.54) is 24.3 Å². The van der Waals surface area contributed by atoms with Crippen molar-refractivity contribution < 1.29 is 23.2 Å². The maximum Gasteiger partial charge on any atom is 0.321 e. The number of carbonyl (C=O) groups excluding carboxylic acids is 1. The predicted molar refractivity (Wildman–Crippen MR) is 58.5 cm³/mol. The molecule has 0 spiro atoms. The van der Waals surface area contributed by atoms with Gasteiger partial charge in [-0.2, -0.15) is 0 Å². The van der Waals surface area contributed by atoms with Crippen LogP contribution in [0.4, 0.5) is 5.69 Å². The number of benzene rings is 1. The number of esters is 1. The molecule has 1 aromatic carbocycles. The van der Waals surface area contributed by atoms with Crippen molar-refractivity contribution in [2.24, 2.45) is 0 Å². The second-order valence-electron chi connectivity index (χ2n) is 3.05. The van der Waals surface area contributed by atoms with Crippen LogP contribution in [0.2, 0.25) is 0 Å². The first-order valence-corrected chi connectivity index (χ1v) is 5.73. The van der Waals surface area contributed by atoms with Gasteiger partial charge in [0.1, 0.15) is 12.4 Å². The molecule has 1 atom stereocenters. The van der Waals surface area contributed by atoms with E-state index in [0.29, 0.717) is 5.56 Å². The fraction of sp³-hybridized carbons (Fsp3) is 0.222. The molecule has 0 amide bonds. The van der Waals surface area contributed by atoms with E-state index in [2.05, 4.69) is 4.74 Å². The third kappa shape index (κ3) is 4.70. The summed E-state index contributed by atoms with van der Waals surface area (Å²) in [4.78, 5) is 20.7. The van der Waals surface area contributed by atoms with Gasteiger partial charge in [-0.15, -0.1) is 0 Å². The Morgan fingerprint density at radius 3 is 2.47 bits per heavy atom. The first kappa shape index (κ1) is 13.3. The Bertz CT molecular complexity index is 443. The Morgan fingerprint density at radius 2 is 2.00 bits per heavy atom. The molecule has 7 nitrogen and oxygen atoms in total. The lowest BCUT2D eigenvalue weighted by Gasteiger charge is -2.03. The summed E-state index contributed by atoms with van der Waals surface area (Å²) < 4.78 is 23.4. The number of nitro benzene ring substituents is 1. The lowest BCUT2D eigenvalue weighted by atomic mass is 10.2. The molecule has 8 heteroatoms. The standard InChI is InChI=1S/C9H9NO6S/c11-9(6-17(14)15)16-5-7-1-3-8(4-2-7)10(12)13/h1-4H,5-6H2,(H,14,15). The molecule has 0 saturated carbocycles. The Labute approximate surface area is 98.8 Å². The number of non-ortho nitro benzene ring substituents is 1. The van der Waals surface area contributed by atoms with Gasteiger partial charge in [0.25, 0.3) is 5.69 Å². The summed E-state index contributed by atoms with van der Waals surface area (Å²) in [7, 11) is 0. The fourth-order valence-corrected chi connectivity index (χ4v) is 1.31. The third-order valence-corrected chi connectivity index (χ3v) is 2.27. The molecule has 1 unspecified atom stereocenters. The summed E-state index contributed by atoms with van der Waals surface area (Å²) in [6, 6.07) is 5.46. The minimum Gasteiger partial charge on any atom is -0.460 e. The van der Waals surface area contributed by atoms with Crippen LogP contribution in [0.3, 0.4) is 0 Å². The van der Waals surface area contributed by atoms with E-state index in [1.54, 1.807) is 0 Å². The number of carbonyl (C=O) groups is 1. The number of ether oxygens (including phenoxy) is 1. The van der Waals surface area contributed by atoms with Crippen LogP contribution in [-0.4, -0.2) is 25.4 Å². The van der Waals surface area contributed by atoms with Crippen LogP contribution in [0.15, 0.2) is 24.3 Å². The number of nitrogens with zero attached hydrogens (tertiary/aromatic N) is 1. The molecule has 0 aliphatic carbocycles. The molecule has 1 rings (SSSR count). The molecule has 0 bridgehead atoms. The summed E-state index contributed by atoms with van der Waals surface area (Å²) in [5, 5.41) is 10.4. The van der Waals surface area contributed by atoms with Crippen molar-refractivity contribution in [1.82, 2.24) is 0 Å². The zero-order valence-corrected chi connectivity index (χ0v) is 9.38. The number of hydrogen-bond donors (Lipinski definition) is 1. The monoisotopic (exact) mass is 259 g/mol. The summed E-state index contributed by atoms with van der Waals surface area (Å²) in [5.74, 6) is -1.39. The molecule has 0 heterocycles. The van der Waals surface area contributed by atoms with Crippen LogP contribution in [0.1, 0.15) is 5.56 Å². The second kappa shape index (κ2) is 6.06. The van der Waals surface area contributed by atoms with Gasteiger partial charge in [-0.25, -0.2) is 4.21 Å². The van der Waals surface area contributed by atoms with E-state index in [1.807, 2.05) is 0 Å². The van der Waals surface area contributed by atoms with Gasteiger partial charge < -0.3 is 9.29 Å². The molecular weight excluding hydrogens is 250 g/mol. The minimum atomic E-state index is -2.23. The molecule has 0 radical (unpaired) electrons. The van der Waals surface area contributed by atoms with Crippen molar-refractivity contribution in [3.05, 3.63) is 39.9 Å². The SMILES string of the molecule is O=C(CS(=O)O)OCc1ccc([N+](=O)[O-])cc1. The highest BCUT2D eigenvalue weighted by Crippen LogP contribution is 2.12. The van der Waals surface area contributed by atoms with E-state index in [4.69, 9.17) is 4.55 Å². The summed E-state index contributed by atoms with van der Waals surface area (Å²) in [6.07, 6.45) is 0. The number of hydrogen-bond acceptors (Lipinski definition) is 5. The highest BCUT2D eigenvalue weighted by Gasteiger charge is 2.08. The zero-order chi connectivity index (χ0) is 12.8. The molecule has 0 aromatic heterocycles. The van der Waals surface area contributed by atoms with Crippen LogP contribution in [0.5, 0.6) is 0 Å². The molecule has 0 aliphatic heterocycles. The zero-order valence-electron chi connectivity index (χ0n) is 8.57. The van der Waals surface area contributed by atoms with Gasteiger partial charge in [-0.05, 0) is 17.7 Å². The van der Waals surface area contributed by atoms with Crippen molar-refractivity contribution in [3.8, 4) is 0 Å². The van der Waals surface area contributed by atoms with Gasteiger partial charge in [0.15, 0.2) is 11.1 Å². The van der Waals surface area contributed by atoms with Crippen molar-refractivity contribution >= 4 is 22.7 Å². The largest absolute Gasteiger partial charge is 0.460 e. The third-order valence-electron chi connectivity index (χ3n) is 1.79. The van der Waals surface area contributed by atoms with Gasteiger partial charge in [0.05, 0.1) is 4.92 Å². The van der Waals surface area contributed by atoms with Crippen molar-refractivity contribution in [2.45, 2.75) is 6.61 Å². The van der Waals surface area contributed by atoms with E-state index in [-0.39, 0.29) is 12.3 Å². The summed E-state index contributed by atoms with van der Waals surface area (Å²) in [6.45, 7) is -0.0893. The van der Waals surface area contributed by atoms with Crippen molar-refractivity contribution in [3.63, 3.8) is 0 Å². The fourth-order valence-electron chi connectivity index (χ4n) is 1.02. The smallest absolute Gasteiger partial charge is 0.321 e. The molecular formula is C9H9NO6S. The van der Waals surface area contributed by atoms with Crippen molar-refractivity contribution in [1.29, 1.82) is 0 Å². The van der Waals surface area contributed by atoms with Gasteiger partial charge in [-0.3, -0.25) is 14.9 Å².